The van der Waals surface area contributed by atoms with Crippen LogP contribution in [-0.2, 0) is 0 Å². The van der Waals surface area contributed by atoms with Gasteiger partial charge in [-0.15, -0.1) is 0 Å². The maximum atomic E-state index is 13.5. The number of anilines is 1. The van der Waals surface area contributed by atoms with Crippen LogP contribution in [0.1, 0.15) is 0 Å². The van der Waals surface area contributed by atoms with E-state index in [-0.39, 0.29) is 33.7 Å². The SMILES string of the molecule is COc1cc(F)c(Cl)c(-c2cc(N)on2)c1O. The highest BCUT2D eigenvalue weighted by molar-refractivity contribution is 6.33. The molecule has 0 unspecified atom stereocenters. The smallest absolute Gasteiger partial charge is 0.222 e. The highest BCUT2D eigenvalue weighted by atomic mass is 35.5. The minimum atomic E-state index is -0.738. The predicted molar refractivity (Wildman–Crippen MR) is 59.5 cm³/mol. The lowest BCUT2D eigenvalue weighted by Gasteiger charge is -2.09. The number of ether oxygens (including phenoxy) is 1. The number of hydrogen-bond acceptors (Lipinski definition) is 5. The molecule has 0 spiro atoms. The zero-order chi connectivity index (χ0) is 12.6. The molecule has 0 saturated carbocycles. The molecule has 0 aliphatic heterocycles. The number of methoxy groups -OCH3 is 1. The molecule has 1 aromatic carbocycles. The van der Waals surface area contributed by atoms with Crippen LogP contribution in [0.15, 0.2) is 16.7 Å². The van der Waals surface area contributed by atoms with Gasteiger partial charge in [-0.2, -0.15) is 0 Å². The van der Waals surface area contributed by atoms with Gasteiger partial charge in [0.1, 0.15) is 11.5 Å². The molecular weight excluding hydrogens is 251 g/mol. The number of aromatic hydroxyl groups is 1. The normalized spacial score (nSPS) is 10.5. The highest BCUT2D eigenvalue weighted by Crippen LogP contribution is 2.43. The Bertz CT molecular complexity index is 571. The molecule has 1 heterocycles. The van der Waals surface area contributed by atoms with Crippen molar-refractivity contribution in [3.05, 3.63) is 23.0 Å². The number of nitrogen functional groups attached to an aromatic ring is 1. The standard InChI is InChI=1S/C10H8ClFN2O3/c1-16-6-2-4(12)9(11)8(10(6)15)5-3-7(13)17-14-5/h2-3,15H,13H2,1H3. The van der Waals surface area contributed by atoms with Crippen molar-refractivity contribution in [3.63, 3.8) is 0 Å². The summed E-state index contributed by atoms with van der Waals surface area (Å²) in [6.07, 6.45) is 0. The second-order valence-corrected chi connectivity index (χ2v) is 3.59. The van der Waals surface area contributed by atoms with Crippen LogP contribution in [0.5, 0.6) is 11.5 Å². The van der Waals surface area contributed by atoms with E-state index in [1.165, 1.54) is 13.2 Å². The molecular formula is C10H8ClFN2O3. The lowest BCUT2D eigenvalue weighted by atomic mass is 10.1. The van der Waals surface area contributed by atoms with Crippen molar-refractivity contribution in [1.29, 1.82) is 0 Å². The summed E-state index contributed by atoms with van der Waals surface area (Å²) in [6, 6.07) is 2.30. The summed E-state index contributed by atoms with van der Waals surface area (Å²) >= 11 is 5.76. The van der Waals surface area contributed by atoms with Gasteiger partial charge in [0.2, 0.25) is 5.88 Å². The van der Waals surface area contributed by atoms with Crippen molar-refractivity contribution < 1.29 is 18.8 Å². The van der Waals surface area contributed by atoms with E-state index >= 15 is 0 Å². The third-order valence-electron chi connectivity index (χ3n) is 2.16. The Morgan fingerprint density at radius 3 is 2.76 bits per heavy atom. The summed E-state index contributed by atoms with van der Waals surface area (Å²) < 4.78 is 22.9. The van der Waals surface area contributed by atoms with E-state index in [4.69, 9.17) is 22.1 Å². The summed E-state index contributed by atoms with van der Waals surface area (Å²) in [4.78, 5) is 0. The molecule has 3 N–H and O–H groups in total. The summed E-state index contributed by atoms with van der Waals surface area (Å²) in [5.41, 5.74) is 5.45. The Morgan fingerprint density at radius 1 is 1.53 bits per heavy atom. The van der Waals surface area contributed by atoms with Crippen molar-refractivity contribution in [2.45, 2.75) is 0 Å². The first-order chi connectivity index (χ1) is 8.04. The van der Waals surface area contributed by atoms with Gasteiger partial charge in [0, 0.05) is 12.1 Å². The Balaban J connectivity index is 2.71. The predicted octanol–water partition coefficient (Wildman–Crippen LogP) is 2.43. The zero-order valence-corrected chi connectivity index (χ0v) is 9.45. The molecule has 2 rings (SSSR count). The molecule has 7 heteroatoms. The first-order valence-electron chi connectivity index (χ1n) is 4.52. The van der Waals surface area contributed by atoms with Gasteiger partial charge in [-0.05, 0) is 0 Å². The van der Waals surface area contributed by atoms with Crippen molar-refractivity contribution in [1.82, 2.24) is 5.16 Å². The number of nitrogens with zero attached hydrogens (tertiary/aromatic N) is 1. The number of phenolic OH excluding ortho intramolecular Hbond substituents is 1. The van der Waals surface area contributed by atoms with E-state index in [0.29, 0.717) is 0 Å². The maximum Gasteiger partial charge on any atom is 0.222 e. The molecule has 0 saturated heterocycles. The van der Waals surface area contributed by atoms with Crippen LogP contribution < -0.4 is 10.5 Å². The van der Waals surface area contributed by atoms with E-state index in [9.17, 15) is 9.50 Å². The number of phenols is 1. The van der Waals surface area contributed by atoms with Crippen LogP contribution in [0.3, 0.4) is 0 Å². The van der Waals surface area contributed by atoms with E-state index in [1.807, 2.05) is 0 Å². The van der Waals surface area contributed by atoms with Gasteiger partial charge in [0.25, 0.3) is 0 Å². The van der Waals surface area contributed by atoms with Crippen molar-refractivity contribution in [3.8, 4) is 22.8 Å². The number of hydrogen-bond donors (Lipinski definition) is 2. The summed E-state index contributed by atoms with van der Waals surface area (Å²) in [6.45, 7) is 0. The Morgan fingerprint density at radius 2 is 2.24 bits per heavy atom. The Labute approximate surface area is 101 Å². The first kappa shape index (κ1) is 11.5. The van der Waals surface area contributed by atoms with Crippen LogP contribution in [-0.4, -0.2) is 17.4 Å². The first-order valence-corrected chi connectivity index (χ1v) is 4.90. The summed E-state index contributed by atoms with van der Waals surface area (Å²) in [5.74, 6) is -1.09. The number of rotatable bonds is 2. The van der Waals surface area contributed by atoms with Gasteiger partial charge in [-0.25, -0.2) is 4.39 Å². The molecule has 5 nitrogen and oxygen atoms in total. The van der Waals surface area contributed by atoms with E-state index in [1.54, 1.807) is 0 Å². The highest BCUT2D eigenvalue weighted by Gasteiger charge is 2.21. The minimum absolute atomic E-state index is 0.0241. The molecule has 90 valence electrons. The van der Waals surface area contributed by atoms with Gasteiger partial charge in [0.05, 0.1) is 17.7 Å². The second-order valence-electron chi connectivity index (χ2n) is 3.21. The van der Waals surface area contributed by atoms with E-state index < -0.39 is 5.82 Å². The number of aromatic nitrogens is 1. The molecule has 0 atom stereocenters. The lowest BCUT2D eigenvalue weighted by Crippen LogP contribution is -1.91. The van der Waals surface area contributed by atoms with Gasteiger partial charge in [-0.3, -0.25) is 0 Å². The Kier molecular flexibility index (Phi) is 2.81. The fraction of sp³-hybridized carbons (Fsp3) is 0.100. The average molecular weight is 259 g/mol. The molecule has 0 aliphatic rings. The topological polar surface area (TPSA) is 81.5 Å². The molecule has 2 aromatic rings. The molecule has 0 bridgehead atoms. The third kappa shape index (κ3) is 1.87. The fourth-order valence-electron chi connectivity index (χ4n) is 1.39. The molecule has 0 fully saturated rings. The van der Waals surface area contributed by atoms with Gasteiger partial charge in [-0.1, -0.05) is 16.8 Å². The van der Waals surface area contributed by atoms with Crippen LogP contribution >= 0.6 is 11.6 Å². The zero-order valence-electron chi connectivity index (χ0n) is 8.70. The molecule has 0 radical (unpaired) electrons. The second kappa shape index (κ2) is 4.14. The average Bonchev–Trinajstić information content (AvgIpc) is 2.70. The van der Waals surface area contributed by atoms with Gasteiger partial charge >= 0.3 is 0 Å². The summed E-state index contributed by atoms with van der Waals surface area (Å²) in [7, 11) is 1.29. The van der Waals surface area contributed by atoms with Crippen LogP contribution in [0, 0.1) is 5.82 Å². The maximum absolute atomic E-state index is 13.5. The Hall–Kier alpha value is -1.95. The lowest BCUT2D eigenvalue weighted by molar-refractivity contribution is 0.371. The van der Waals surface area contributed by atoms with Crippen LogP contribution in [0.4, 0.5) is 10.3 Å². The molecule has 0 aliphatic carbocycles. The molecule has 1 aromatic heterocycles. The van der Waals surface area contributed by atoms with Gasteiger partial charge < -0.3 is 20.1 Å². The van der Waals surface area contributed by atoms with Crippen molar-refractivity contribution in [2.24, 2.45) is 0 Å². The van der Waals surface area contributed by atoms with E-state index in [2.05, 4.69) is 9.68 Å². The molecule has 0 amide bonds. The summed E-state index contributed by atoms with van der Waals surface area (Å²) in [5, 5.41) is 13.1. The monoisotopic (exact) mass is 258 g/mol. The number of halogens is 2. The largest absolute Gasteiger partial charge is 0.504 e. The fourth-order valence-corrected chi connectivity index (χ4v) is 1.63. The van der Waals surface area contributed by atoms with Gasteiger partial charge in [0.15, 0.2) is 11.5 Å². The van der Waals surface area contributed by atoms with E-state index in [0.717, 1.165) is 6.07 Å². The quantitative estimate of drug-likeness (QED) is 0.865. The number of benzene rings is 1. The van der Waals surface area contributed by atoms with Crippen molar-refractivity contribution >= 4 is 17.5 Å². The number of nitrogens with two attached hydrogens (primary N) is 1. The van der Waals surface area contributed by atoms with Crippen molar-refractivity contribution in [2.75, 3.05) is 12.8 Å². The van der Waals surface area contributed by atoms with Crippen LogP contribution in [0.25, 0.3) is 11.3 Å². The minimum Gasteiger partial charge on any atom is -0.504 e. The van der Waals surface area contributed by atoms with Crippen LogP contribution in [0.2, 0.25) is 5.02 Å². The third-order valence-corrected chi connectivity index (χ3v) is 2.53. The molecule has 17 heavy (non-hydrogen) atoms.